The van der Waals surface area contributed by atoms with Gasteiger partial charge in [-0.3, -0.25) is 28.8 Å². The van der Waals surface area contributed by atoms with E-state index in [1.165, 1.54) is 0 Å². The molecule has 1 saturated carbocycles. The van der Waals surface area contributed by atoms with Crippen molar-refractivity contribution in [3.63, 3.8) is 0 Å². The third kappa shape index (κ3) is 3.83. The fourth-order valence-corrected chi connectivity index (χ4v) is 3.43. The van der Waals surface area contributed by atoms with E-state index < -0.39 is 71.3 Å². The van der Waals surface area contributed by atoms with Gasteiger partial charge in [-0.1, -0.05) is 0 Å². The molecule has 0 saturated heterocycles. The van der Waals surface area contributed by atoms with Crippen LogP contribution in [0.15, 0.2) is 0 Å². The van der Waals surface area contributed by atoms with Gasteiger partial charge in [-0.25, -0.2) is 0 Å². The molecule has 0 amide bonds. The molecule has 0 radical (unpaired) electrons. The summed E-state index contributed by atoms with van der Waals surface area (Å²) in [5.74, 6) is -15.2. The van der Waals surface area contributed by atoms with Gasteiger partial charge in [0, 0.05) is 0 Å². The average molecular weight is 420 g/mol. The molecular weight excluding hydrogens is 405 g/mol. The van der Waals surface area contributed by atoms with Crippen molar-refractivity contribution in [1.29, 1.82) is 0 Å². The molecule has 0 spiro atoms. The maximum absolute atomic E-state index is 11.7. The monoisotopic (exact) mass is 420 g/mol. The zero-order valence-corrected chi connectivity index (χ0v) is 11.8. The Morgan fingerprint density at radius 3 is 0.852 bits per heavy atom. The van der Waals surface area contributed by atoms with Crippen molar-refractivity contribution >= 4 is 124 Å². The Balaban J connectivity index is -0.00000192. The van der Waals surface area contributed by atoms with Crippen molar-refractivity contribution in [3.05, 3.63) is 0 Å². The number of rotatable bonds is 6. The van der Waals surface area contributed by atoms with Crippen molar-refractivity contribution in [3.8, 4) is 0 Å². The summed E-state index contributed by atoms with van der Waals surface area (Å²) < 4.78 is 0. The van der Waals surface area contributed by atoms with E-state index in [0.717, 1.165) is 0 Å². The summed E-state index contributed by atoms with van der Waals surface area (Å²) in [5, 5.41) is 56.0. The minimum atomic E-state index is -4.17. The molecule has 0 unspecified atom stereocenters. The molecule has 0 aromatic heterocycles. The number of hydrogen-bond donors (Lipinski definition) is 6. The van der Waals surface area contributed by atoms with Crippen LogP contribution in [-0.4, -0.2) is 155 Å². The van der Waals surface area contributed by atoms with E-state index in [9.17, 15) is 59.4 Å². The Bertz CT molecular complexity index is 589. The van der Waals surface area contributed by atoms with Crippen LogP contribution < -0.4 is 0 Å². The second-order valence-electron chi connectivity index (χ2n) is 5.25. The van der Waals surface area contributed by atoms with E-state index in [4.69, 9.17) is 0 Å². The number of aliphatic carboxylic acids is 6. The van der Waals surface area contributed by atoms with Crippen LogP contribution in [0.3, 0.4) is 0 Å². The molecule has 0 aromatic carbocycles. The molecule has 12 nitrogen and oxygen atoms in total. The van der Waals surface area contributed by atoms with Crippen molar-refractivity contribution < 1.29 is 59.4 Å². The number of carboxylic acids is 6. The molecule has 1 fully saturated rings. The van der Waals surface area contributed by atoms with E-state index in [1.54, 1.807) is 0 Å². The Kier molecular flexibility index (Phi) is 12.3. The van der Waals surface area contributed by atoms with Gasteiger partial charge in [0.15, 0.2) is 10.8 Å². The fraction of sp³-hybridized carbons (Fsp3) is 0.500. The second-order valence-corrected chi connectivity index (χ2v) is 5.25. The van der Waals surface area contributed by atoms with Gasteiger partial charge in [-0.05, 0) is 19.3 Å². The SMILES string of the molecule is O=C(O)C1(C(=O)O)CCCC(C(=O)O)(C(=O)O)C1(C(=O)O)C(=O)O.[NaH].[NaH].[NaH]. The average Bonchev–Trinajstić information content (AvgIpc) is 2.43. The first kappa shape index (κ1) is 31.5. The van der Waals surface area contributed by atoms with Gasteiger partial charge < -0.3 is 30.6 Å². The zero-order valence-electron chi connectivity index (χ0n) is 11.8. The molecule has 1 rings (SSSR count). The summed E-state index contributed by atoms with van der Waals surface area (Å²) in [7, 11) is 0. The third-order valence-electron chi connectivity index (χ3n) is 4.49. The standard InChI is InChI=1S/C12H12O12.3Na.3H/c13-4(14)10(5(15)16)2-1-3-11(6(17)18,7(19)20)12(10,8(21)22)9(23)24;;;;;;/h1-3H2,(H,13,14)(H,15,16)(H,17,18)(H,19,20)(H,21,22)(H,23,24);;;;;;. The second kappa shape index (κ2) is 10.6. The van der Waals surface area contributed by atoms with E-state index in [0.29, 0.717) is 0 Å². The van der Waals surface area contributed by atoms with Gasteiger partial charge in [0.1, 0.15) is 0 Å². The van der Waals surface area contributed by atoms with Gasteiger partial charge in [-0.2, -0.15) is 0 Å². The van der Waals surface area contributed by atoms with Crippen LogP contribution in [-0.2, 0) is 28.8 Å². The summed E-state index contributed by atoms with van der Waals surface area (Å²) in [5.41, 5.74) is -11.6. The third-order valence-corrected chi connectivity index (χ3v) is 4.49. The zero-order chi connectivity index (χ0) is 19.1. The van der Waals surface area contributed by atoms with Crippen LogP contribution in [0, 0.1) is 16.2 Å². The Hall–Kier alpha value is -0.180. The molecule has 138 valence electrons. The molecule has 27 heavy (non-hydrogen) atoms. The van der Waals surface area contributed by atoms with Crippen LogP contribution in [0.2, 0.25) is 0 Å². The molecule has 0 aliphatic heterocycles. The number of carbonyl (C=O) groups is 6. The van der Waals surface area contributed by atoms with E-state index in [2.05, 4.69) is 0 Å². The normalized spacial score (nSPS) is 18.2. The van der Waals surface area contributed by atoms with E-state index in [1.807, 2.05) is 0 Å². The molecule has 6 N–H and O–H groups in total. The maximum atomic E-state index is 11.7. The number of carboxylic acid groups (broad SMARTS) is 6. The van der Waals surface area contributed by atoms with Crippen LogP contribution in [0.25, 0.3) is 0 Å². The van der Waals surface area contributed by atoms with Crippen LogP contribution in [0.1, 0.15) is 19.3 Å². The molecule has 0 heterocycles. The first-order chi connectivity index (χ1) is 10.9. The molecular formula is C12H15Na3O12. The van der Waals surface area contributed by atoms with Crippen molar-refractivity contribution in [2.24, 2.45) is 16.2 Å². The van der Waals surface area contributed by atoms with Crippen molar-refractivity contribution in [2.75, 3.05) is 0 Å². The summed E-state index contributed by atoms with van der Waals surface area (Å²) in [4.78, 5) is 69.8. The molecule has 15 heteroatoms. The predicted octanol–water partition coefficient (Wildman–Crippen LogP) is -3.31. The van der Waals surface area contributed by atoms with E-state index in [-0.39, 0.29) is 88.7 Å². The van der Waals surface area contributed by atoms with Crippen LogP contribution in [0.5, 0.6) is 0 Å². The van der Waals surface area contributed by atoms with Crippen molar-refractivity contribution in [2.45, 2.75) is 19.3 Å². The Morgan fingerprint density at radius 2 is 0.704 bits per heavy atom. The van der Waals surface area contributed by atoms with E-state index >= 15 is 0 Å². The molecule has 1 aliphatic carbocycles. The van der Waals surface area contributed by atoms with Gasteiger partial charge in [0.2, 0.25) is 5.41 Å². The van der Waals surface area contributed by atoms with Crippen molar-refractivity contribution in [1.82, 2.24) is 0 Å². The predicted molar refractivity (Wildman–Crippen MR) is 88.4 cm³/mol. The van der Waals surface area contributed by atoms with Gasteiger partial charge in [-0.15, -0.1) is 0 Å². The molecule has 0 aromatic rings. The quantitative estimate of drug-likeness (QED) is 0.183. The molecule has 0 atom stereocenters. The summed E-state index contributed by atoms with van der Waals surface area (Å²) in [6, 6.07) is 0. The first-order valence-corrected chi connectivity index (χ1v) is 6.27. The molecule has 1 aliphatic rings. The Morgan fingerprint density at radius 1 is 0.481 bits per heavy atom. The van der Waals surface area contributed by atoms with Gasteiger partial charge in [0.05, 0.1) is 0 Å². The minimum absolute atomic E-state index is 0. The first-order valence-electron chi connectivity index (χ1n) is 6.27. The Labute approximate surface area is 217 Å². The van der Waals surface area contributed by atoms with Crippen LogP contribution in [0.4, 0.5) is 0 Å². The summed E-state index contributed by atoms with van der Waals surface area (Å²) in [6.45, 7) is 0. The summed E-state index contributed by atoms with van der Waals surface area (Å²) >= 11 is 0. The van der Waals surface area contributed by atoms with Gasteiger partial charge >= 0.3 is 124 Å². The van der Waals surface area contributed by atoms with Gasteiger partial charge in [0.25, 0.3) is 0 Å². The topological polar surface area (TPSA) is 224 Å². The summed E-state index contributed by atoms with van der Waals surface area (Å²) in [6.07, 6.45) is -2.78. The molecule has 0 bridgehead atoms. The number of hydrogen-bond acceptors (Lipinski definition) is 6. The fourth-order valence-electron chi connectivity index (χ4n) is 3.43. The van der Waals surface area contributed by atoms with Crippen LogP contribution >= 0.6 is 0 Å².